The number of hydrogen-bond acceptors (Lipinski definition) is 3. The normalized spacial score (nSPS) is 13.7. The molecule has 0 saturated heterocycles. The number of benzene rings is 1. The van der Waals surface area contributed by atoms with Gasteiger partial charge < -0.3 is 15.2 Å². The molecule has 0 aliphatic heterocycles. The van der Waals surface area contributed by atoms with Crippen molar-refractivity contribution in [2.45, 2.75) is 32.7 Å². The summed E-state index contributed by atoms with van der Waals surface area (Å²) in [6.07, 6.45) is 1.87. The van der Waals surface area contributed by atoms with Gasteiger partial charge in [0, 0.05) is 5.69 Å². The van der Waals surface area contributed by atoms with Crippen molar-refractivity contribution in [1.82, 2.24) is 0 Å². The molecule has 0 amide bonds. The van der Waals surface area contributed by atoms with Gasteiger partial charge in [-0.2, -0.15) is 0 Å². The van der Waals surface area contributed by atoms with Gasteiger partial charge in [0.25, 0.3) is 0 Å². The molecule has 1 aromatic carbocycles. The fourth-order valence-electron chi connectivity index (χ4n) is 1.94. The summed E-state index contributed by atoms with van der Waals surface area (Å²) in [4.78, 5) is 11.3. The van der Waals surface area contributed by atoms with E-state index in [4.69, 9.17) is 4.74 Å². The Balaban J connectivity index is 2.73. The minimum atomic E-state index is -0.813. The number of aliphatic carboxylic acids is 1. The molecule has 2 atom stereocenters. The molecule has 0 fully saturated rings. The van der Waals surface area contributed by atoms with Crippen molar-refractivity contribution < 1.29 is 14.6 Å². The summed E-state index contributed by atoms with van der Waals surface area (Å²) in [7, 11) is 1.60. The van der Waals surface area contributed by atoms with E-state index in [-0.39, 0.29) is 5.92 Å². The Labute approximate surface area is 108 Å². The highest BCUT2D eigenvalue weighted by atomic mass is 16.5. The van der Waals surface area contributed by atoms with Crippen LogP contribution < -0.4 is 10.1 Å². The first-order valence-corrected chi connectivity index (χ1v) is 6.21. The average molecular weight is 251 g/mol. The zero-order chi connectivity index (χ0) is 13.5. The second-order valence-corrected chi connectivity index (χ2v) is 4.45. The topological polar surface area (TPSA) is 58.6 Å². The SMILES string of the molecule is CCCC(C)C(Nc1ccc(OC)cc1)C(=O)O. The number of ether oxygens (including phenoxy) is 1. The van der Waals surface area contributed by atoms with E-state index >= 15 is 0 Å². The standard InChI is InChI=1S/C14H21NO3/c1-4-5-10(2)13(14(16)17)15-11-6-8-12(18-3)9-7-11/h6-10,13,15H,4-5H2,1-3H3,(H,16,17). The van der Waals surface area contributed by atoms with Crippen LogP contribution in [0.2, 0.25) is 0 Å². The second-order valence-electron chi connectivity index (χ2n) is 4.45. The zero-order valence-electron chi connectivity index (χ0n) is 11.1. The van der Waals surface area contributed by atoms with Gasteiger partial charge in [-0.25, -0.2) is 4.79 Å². The van der Waals surface area contributed by atoms with E-state index in [1.54, 1.807) is 7.11 Å². The number of anilines is 1. The Morgan fingerprint density at radius 2 is 2.00 bits per heavy atom. The molecule has 0 aliphatic carbocycles. The number of carbonyl (C=O) groups is 1. The third-order valence-corrected chi connectivity index (χ3v) is 2.99. The van der Waals surface area contributed by atoms with Gasteiger partial charge in [0.15, 0.2) is 0 Å². The first kappa shape index (κ1) is 14.4. The highest BCUT2D eigenvalue weighted by Crippen LogP contribution is 2.19. The van der Waals surface area contributed by atoms with Crippen LogP contribution in [0, 0.1) is 5.92 Å². The van der Waals surface area contributed by atoms with Gasteiger partial charge in [0.1, 0.15) is 11.8 Å². The summed E-state index contributed by atoms with van der Waals surface area (Å²) in [6, 6.07) is 6.72. The molecule has 0 aliphatic rings. The highest BCUT2D eigenvalue weighted by Gasteiger charge is 2.23. The van der Waals surface area contributed by atoms with Gasteiger partial charge in [-0.3, -0.25) is 0 Å². The molecule has 18 heavy (non-hydrogen) atoms. The van der Waals surface area contributed by atoms with E-state index in [2.05, 4.69) is 12.2 Å². The van der Waals surface area contributed by atoms with Crippen LogP contribution >= 0.6 is 0 Å². The minimum Gasteiger partial charge on any atom is -0.497 e. The fourth-order valence-corrected chi connectivity index (χ4v) is 1.94. The Bertz CT molecular complexity index is 375. The second kappa shape index (κ2) is 6.89. The van der Waals surface area contributed by atoms with E-state index in [0.29, 0.717) is 0 Å². The van der Waals surface area contributed by atoms with E-state index in [1.807, 2.05) is 31.2 Å². The summed E-state index contributed by atoms with van der Waals surface area (Å²) in [5.74, 6) is 0.0374. The van der Waals surface area contributed by atoms with Crippen LogP contribution in [0.4, 0.5) is 5.69 Å². The van der Waals surface area contributed by atoms with Gasteiger partial charge in [-0.05, 0) is 36.6 Å². The first-order valence-electron chi connectivity index (χ1n) is 6.21. The lowest BCUT2D eigenvalue weighted by Gasteiger charge is -2.22. The number of rotatable bonds is 7. The average Bonchev–Trinajstić information content (AvgIpc) is 2.36. The number of nitrogens with one attached hydrogen (secondary N) is 1. The Morgan fingerprint density at radius 3 is 2.44 bits per heavy atom. The van der Waals surface area contributed by atoms with E-state index in [1.165, 1.54) is 0 Å². The molecule has 0 bridgehead atoms. The maximum atomic E-state index is 11.3. The van der Waals surface area contributed by atoms with Crippen LogP contribution in [0.3, 0.4) is 0 Å². The molecular weight excluding hydrogens is 230 g/mol. The van der Waals surface area contributed by atoms with Gasteiger partial charge in [-0.15, -0.1) is 0 Å². The third kappa shape index (κ3) is 3.95. The summed E-state index contributed by atoms with van der Waals surface area (Å²) >= 11 is 0. The number of methoxy groups -OCH3 is 1. The molecule has 1 aromatic rings. The van der Waals surface area contributed by atoms with Crippen LogP contribution in [0.5, 0.6) is 5.75 Å². The lowest BCUT2D eigenvalue weighted by atomic mass is 9.96. The van der Waals surface area contributed by atoms with Gasteiger partial charge in [0.2, 0.25) is 0 Å². The summed E-state index contributed by atoms with van der Waals surface area (Å²) in [6.45, 7) is 4.02. The molecular formula is C14H21NO3. The monoisotopic (exact) mass is 251 g/mol. The fraction of sp³-hybridized carbons (Fsp3) is 0.500. The lowest BCUT2D eigenvalue weighted by Crippen LogP contribution is -2.35. The quantitative estimate of drug-likeness (QED) is 0.782. The molecule has 2 unspecified atom stereocenters. The van der Waals surface area contributed by atoms with Crippen LogP contribution in [-0.2, 0) is 4.79 Å². The molecule has 1 rings (SSSR count). The van der Waals surface area contributed by atoms with Crippen molar-refractivity contribution in [3.05, 3.63) is 24.3 Å². The van der Waals surface area contributed by atoms with Crippen LogP contribution in [0.15, 0.2) is 24.3 Å². The van der Waals surface area contributed by atoms with Crippen molar-refractivity contribution in [2.75, 3.05) is 12.4 Å². The molecule has 0 heterocycles. The Hall–Kier alpha value is -1.71. The van der Waals surface area contributed by atoms with Crippen LogP contribution in [0.1, 0.15) is 26.7 Å². The zero-order valence-corrected chi connectivity index (χ0v) is 11.1. The first-order chi connectivity index (χ1) is 8.58. The predicted octanol–water partition coefficient (Wildman–Crippen LogP) is 3.00. The molecule has 4 heteroatoms. The highest BCUT2D eigenvalue weighted by molar-refractivity contribution is 5.77. The van der Waals surface area contributed by atoms with E-state index < -0.39 is 12.0 Å². The number of carboxylic acid groups (broad SMARTS) is 1. The maximum absolute atomic E-state index is 11.3. The molecule has 4 nitrogen and oxygen atoms in total. The molecule has 0 saturated carbocycles. The van der Waals surface area contributed by atoms with Crippen LogP contribution in [-0.4, -0.2) is 24.2 Å². The Morgan fingerprint density at radius 1 is 1.39 bits per heavy atom. The van der Waals surface area contributed by atoms with Crippen molar-refractivity contribution in [1.29, 1.82) is 0 Å². The summed E-state index contributed by atoms with van der Waals surface area (Å²) < 4.78 is 5.06. The largest absolute Gasteiger partial charge is 0.497 e. The van der Waals surface area contributed by atoms with E-state index in [0.717, 1.165) is 24.3 Å². The summed E-state index contributed by atoms with van der Waals surface area (Å²) in [5, 5.41) is 12.3. The number of carboxylic acids is 1. The Kier molecular flexibility index (Phi) is 5.49. The van der Waals surface area contributed by atoms with E-state index in [9.17, 15) is 9.90 Å². The molecule has 0 spiro atoms. The summed E-state index contributed by atoms with van der Waals surface area (Å²) in [5.41, 5.74) is 0.797. The van der Waals surface area contributed by atoms with Crippen molar-refractivity contribution in [3.8, 4) is 5.75 Å². The minimum absolute atomic E-state index is 0.0922. The number of hydrogen-bond donors (Lipinski definition) is 2. The van der Waals surface area contributed by atoms with Gasteiger partial charge in [0.05, 0.1) is 7.11 Å². The lowest BCUT2D eigenvalue weighted by molar-refractivity contribution is -0.139. The van der Waals surface area contributed by atoms with Gasteiger partial charge in [-0.1, -0.05) is 20.3 Å². The third-order valence-electron chi connectivity index (χ3n) is 2.99. The van der Waals surface area contributed by atoms with Crippen LogP contribution in [0.25, 0.3) is 0 Å². The predicted molar refractivity (Wildman–Crippen MR) is 72.1 cm³/mol. The molecule has 0 aromatic heterocycles. The smallest absolute Gasteiger partial charge is 0.326 e. The molecule has 100 valence electrons. The molecule has 2 N–H and O–H groups in total. The maximum Gasteiger partial charge on any atom is 0.326 e. The van der Waals surface area contributed by atoms with Gasteiger partial charge >= 0.3 is 5.97 Å². The van der Waals surface area contributed by atoms with Crippen molar-refractivity contribution >= 4 is 11.7 Å². The molecule has 0 radical (unpaired) electrons. The van der Waals surface area contributed by atoms with Crippen molar-refractivity contribution in [2.24, 2.45) is 5.92 Å². The van der Waals surface area contributed by atoms with Crippen molar-refractivity contribution in [3.63, 3.8) is 0 Å².